The lowest BCUT2D eigenvalue weighted by molar-refractivity contribution is -0.115. The summed E-state index contributed by atoms with van der Waals surface area (Å²) < 4.78 is 25.2. The topological polar surface area (TPSA) is 83.7 Å². The van der Waals surface area contributed by atoms with Gasteiger partial charge in [-0.2, -0.15) is 0 Å². The molecule has 7 nitrogen and oxygen atoms in total. The summed E-state index contributed by atoms with van der Waals surface area (Å²) in [7, 11) is 5.34. The van der Waals surface area contributed by atoms with Gasteiger partial charge in [-0.1, -0.05) is 36.4 Å². The Labute approximate surface area is 243 Å². The molecule has 0 radical (unpaired) electrons. The van der Waals surface area contributed by atoms with Crippen molar-refractivity contribution in [3.05, 3.63) is 111 Å². The number of carbonyl (C=O) groups excluding carboxylic acids is 1. The summed E-state index contributed by atoms with van der Waals surface area (Å²) in [6.07, 6.45) is 0.891. The van der Waals surface area contributed by atoms with Crippen LogP contribution in [0.4, 0.5) is 10.1 Å². The molecule has 0 unspecified atom stereocenters. The number of carbonyl (C=O) groups is 1. The molecule has 1 amide bonds. The number of halogens is 1. The van der Waals surface area contributed by atoms with Gasteiger partial charge in [-0.25, -0.2) is 4.39 Å². The minimum Gasteiger partial charge on any atom is -0.493 e. The van der Waals surface area contributed by atoms with Crippen LogP contribution < -0.4 is 20.2 Å². The minimum absolute atomic E-state index is 0.0371. The van der Waals surface area contributed by atoms with Crippen molar-refractivity contribution in [2.45, 2.75) is 26.3 Å². The third kappa shape index (κ3) is 6.14. The highest BCUT2D eigenvalue weighted by Gasteiger charge is 2.14. The largest absolute Gasteiger partial charge is 0.493 e. The van der Waals surface area contributed by atoms with E-state index >= 15 is 0 Å². The van der Waals surface area contributed by atoms with Crippen molar-refractivity contribution in [2.75, 3.05) is 33.1 Å². The highest BCUT2D eigenvalue weighted by Crippen LogP contribution is 2.28. The minimum atomic E-state index is -0.506. The van der Waals surface area contributed by atoms with Gasteiger partial charge in [0.1, 0.15) is 5.82 Å². The molecule has 0 fully saturated rings. The summed E-state index contributed by atoms with van der Waals surface area (Å²) in [5.41, 5.74) is 4.97. The van der Waals surface area contributed by atoms with E-state index in [2.05, 4.69) is 28.3 Å². The maximum atomic E-state index is 14.4. The molecule has 0 saturated heterocycles. The lowest BCUT2D eigenvalue weighted by atomic mass is 10.0. The third-order valence-electron chi connectivity index (χ3n) is 7.50. The van der Waals surface area contributed by atoms with Crippen LogP contribution in [-0.4, -0.2) is 43.6 Å². The molecule has 0 aliphatic carbocycles. The standard InChI is InChI=1S/C34H34FN3O4/c1-21-17-22(15-16-38(2)20-23-12-14-29(41-3)30(18-23)42-4)11-13-28(21)36-31(39)19-24-7-5-8-25-32(24)37-33-26(34(25)40)9-6-10-27(33)35/h5-14,17-18H,15-16,19-20H2,1-4H3,(H,36,39)(H,37,40). The van der Waals surface area contributed by atoms with E-state index in [0.29, 0.717) is 28.0 Å². The van der Waals surface area contributed by atoms with Gasteiger partial charge in [-0.05, 0) is 79.0 Å². The molecule has 8 heteroatoms. The molecule has 2 N–H and O–H groups in total. The number of nitrogens with zero attached hydrogens (tertiary/aromatic N) is 1. The van der Waals surface area contributed by atoms with Gasteiger partial charge >= 0.3 is 0 Å². The monoisotopic (exact) mass is 567 g/mol. The zero-order chi connectivity index (χ0) is 29.8. The van der Waals surface area contributed by atoms with Crippen molar-refractivity contribution >= 4 is 33.4 Å². The van der Waals surface area contributed by atoms with Crippen molar-refractivity contribution in [3.8, 4) is 11.5 Å². The number of ether oxygens (including phenoxy) is 2. The fraction of sp³-hybridized carbons (Fsp3) is 0.235. The van der Waals surface area contributed by atoms with Gasteiger partial charge in [0.05, 0.1) is 31.7 Å². The Morgan fingerprint density at radius 3 is 2.36 bits per heavy atom. The van der Waals surface area contributed by atoms with Crippen molar-refractivity contribution in [3.63, 3.8) is 0 Å². The van der Waals surface area contributed by atoms with Gasteiger partial charge in [0.25, 0.3) is 0 Å². The number of hydrogen-bond acceptors (Lipinski definition) is 5. The number of H-pyrrole nitrogens is 1. The summed E-state index contributed by atoms with van der Waals surface area (Å²) in [5, 5.41) is 3.70. The average molecular weight is 568 g/mol. The number of aromatic amines is 1. The normalized spacial score (nSPS) is 11.3. The number of nitrogens with one attached hydrogen (secondary N) is 2. The van der Waals surface area contributed by atoms with Gasteiger partial charge in [0.2, 0.25) is 5.91 Å². The first-order valence-electron chi connectivity index (χ1n) is 13.8. The van der Waals surface area contributed by atoms with Crippen LogP contribution in [0.1, 0.15) is 22.3 Å². The smallest absolute Gasteiger partial charge is 0.228 e. The van der Waals surface area contributed by atoms with E-state index in [-0.39, 0.29) is 28.7 Å². The van der Waals surface area contributed by atoms with E-state index < -0.39 is 5.82 Å². The van der Waals surface area contributed by atoms with E-state index in [9.17, 15) is 14.0 Å². The molecule has 0 bridgehead atoms. The number of benzene rings is 4. The first kappa shape index (κ1) is 28.8. The molecule has 0 spiro atoms. The number of rotatable bonds is 10. The SMILES string of the molecule is COc1ccc(CN(C)CCc2ccc(NC(=O)Cc3cccc4c(=O)c5cccc(F)c5[nH]c34)c(C)c2)cc1OC. The molecule has 5 rings (SSSR count). The second-order valence-corrected chi connectivity index (χ2v) is 10.5. The summed E-state index contributed by atoms with van der Waals surface area (Å²) in [6, 6.07) is 21.6. The maximum Gasteiger partial charge on any atom is 0.228 e. The van der Waals surface area contributed by atoms with Gasteiger partial charge < -0.3 is 24.7 Å². The number of para-hydroxylation sites is 2. The molecule has 0 saturated carbocycles. The van der Waals surface area contributed by atoms with Gasteiger partial charge in [-0.3, -0.25) is 9.59 Å². The first-order valence-corrected chi connectivity index (χ1v) is 13.8. The van der Waals surface area contributed by atoms with Crippen molar-refractivity contribution in [1.82, 2.24) is 9.88 Å². The summed E-state index contributed by atoms with van der Waals surface area (Å²) in [4.78, 5) is 31.3. The lowest BCUT2D eigenvalue weighted by Crippen LogP contribution is -2.21. The van der Waals surface area contributed by atoms with Crippen LogP contribution in [0.2, 0.25) is 0 Å². The number of fused-ring (bicyclic) bond motifs is 2. The fourth-order valence-electron chi connectivity index (χ4n) is 5.27. The number of aryl methyl sites for hydroxylation is 1. The number of pyridine rings is 1. The van der Waals surface area contributed by atoms with E-state index in [1.807, 2.05) is 37.3 Å². The van der Waals surface area contributed by atoms with Crippen molar-refractivity contribution in [1.29, 1.82) is 0 Å². The average Bonchev–Trinajstić information content (AvgIpc) is 2.98. The van der Waals surface area contributed by atoms with Crippen LogP contribution in [0.5, 0.6) is 11.5 Å². The van der Waals surface area contributed by atoms with Crippen molar-refractivity contribution in [2.24, 2.45) is 0 Å². The zero-order valence-corrected chi connectivity index (χ0v) is 24.2. The Morgan fingerprint density at radius 2 is 1.62 bits per heavy atom. The van der Waals surface area contributed by atoms with E-state index in [1.165, 1.54) is 17.7 Å². The molecule has 0 aliphatic rings. The van der Waals surface area contributed by atoms with Crippen LogP contribution in [0, 0.1) is 12.7 Å². The molecule has 216 valence electrons. The number of anilines is 1. The van der Waals surface area contributed by atoms with E-state index in [0.717, 1.165) is 36.3 Å². The highest BCUT2D eigenvalue weighted by atomic mass is 19.1. The Morgan fingerprint density at radius 1 is 0.905 bits per heavy atom. The third-order valence-corrected chi connectivity index (χ3v) is 7.50. The predicted octanol–water partition coefficient (Wildman–Crippen LogP) is 6.00. The van der Waals surface area contributed by atoms with Gasteiger partial charge in [0, 0.05) is 29.5 Å². The lowest BCUT2D eigenvalue weighted by Gasteiger charge is -2.18. The highest BCUT2D eigenvalue weighted by molar-refractivity contribution is 5.98. The fourth-order valence-corrected chi connectivity index (χ4v) is 5.27. The number of likely N-dealkylation sites (N-methyl/N-ethyl adjacent to an activating group) is 1. The molecule has 4 aromatic carbocycles. The van der Waals surface area contributed by atoms with Gasteiger partial charge in [0.15, 0.2) is 16.9 Å². The summed E-state index contributed by atoms with van der Waals surface area (Å²) in [5.74, 6) is 0.700. The molecule has 1 heterocycles. The number of amides is 1. The van der Waals surface area contributed by atoms with Crippen LogP contribution in [0.25, 0.3) is 21.8 Å². The molecule has 1 aromatic heterocycles. The maximum absolute atomic E-state index is 14.4. The number of methoxy groups -OCH3 is 2. The Balaban J connectivity index is 1.23. The van der Waals surface area contributed by atoms with Crippen LogP contribution in [0.15, 0.2) is 77.6 Å². The van der Waals surface area contributed by atoms with E-state index in [1.54, 1.807) is 38.5 Å². The molecular weight excluding hydrogens is 533 g/mol. The zero-order valence-electron chi connectivity index (χ0n) is 24.2. The van der Waals surface area contributed by atoms with Crippen LogP contribution in [-0.2, 0) is 24.2 Å². The van der Waals surface area contributed by atoms with E-state index in [4.69, 9.17) is 9.47 Å². The molecule has 5 aromatic rings. The summed E-state index contributed by atoms with van der Waals surface area (Å²) >= 11 is 0. The second-order valence-electron chi connectivity index (χ2n) is 10.5. The first-order chi connectivity index (χ1) is 20.3. The van der Waals surface area contributed by atoms with Crippen LogP contribution in [0.3, 0.4) is 0 Å². The predicted molar refractivity (Wildman–Crippen MR) is 165 cm³/mol. The van der Waals surface area contributed by atoms with Crippen LogP contribution >= 0.6 is 0 Å². The Hall–Kier alpha value is -4.69. The Bertz CT molecular complexity index is 1830. The molecule has 0 aliphatic heterocycles. The summed E-state index contributed by atoms with van der Waals surface area (Å²) in [6.45, 7) is 3.60. The molecular formula is C34H34FN3O4. The second kappa shape index (κ2) is 12.4. The molecule has 42 heavy (non-hydrogen) atoms. The number of aromatic nitrogens is 1. The van der Waals surface area contributed by atoms with Crippen molar-refractivity contribution < 1.29 is 18.7 Å². The quantitative estimate of drug-likeness (QED) is 0.202. The molecule has 0 atom stereocenters. The number of hydrogen-bond donors (Lipinski definition) is 2. The Kier molecular flexibility index (Phi) is 8.54. The van der Waals surface area contributed by atoms with Gasteiger partial charge in [-0.15, -0.1) is 0 Å².